The van der Waals surface area contributed by atoms with Crippen molar-refractivity contribution >= 4 is 11.9 Å². The zero-order valence-corrected chi connectivity index (χ0v) is 10.8. The first-order valence-electron chi connectivity index (χ1n) is 6.06. The van der Waals surface area contributed by atoms with Gasteiger partial charge >= 0.3 is 5.97 Å². The van der Waals surface area contributed by atoms with E-state index in [9.17, 15) is 9.59 Å². The number of pyridine rings is 1. The maximum atomic E-state index is 10.8. The number of amides is 1. The highest BCUT2D eigenvalue weighted by atomic mass is 16.5. The molecule has 1 aromatic heterocycles. The van der Waals surface area contributed by atoms with Crippen LogP contribution in [0.5, 0.6) is 0 Å². The summed E-state index contributed by atoms with van der Waals surface area (Å²) in [5.41, 5.74) is 1.16. The minimum absolute atomic E-state index is 0.0226. The van der Waals surface area contributed by atoms with E-state index in [0.717, 1.165) is 18.4 Å². The first-order valence-corrected chi connectivity index (χ1v) is 6.06. The monoisotopic (exact) mass is 266 g/mol. The molecule has 6 heteroatoms. The van der Waals surface area contributed by atoms with Gasteiger partial charge in [-0.3, -0.25) is 9.78 Å². The van der Waals surface area contributed by atoms with E-state index >= 15 is 0 Å². The average molecular weight is 266 g/mol. The maximum Gasteiger partial charge on any atom is 0.328 e. The van der Waals surface area contributed by atoms with Crippen LogP contribution in [-0.2, 0) is 20.7 Å². The molecule has 0 aliphatic rings. The largest absolute Gasteiger partial charge is 0.480 e. The number of aryl methyl sites for hydroxylation is 1. The number of carboxylic acids is 1. The predicted octanol–water partition coefficient (Wildman–Crippen LogP) is 0.620. The van der Waals surface area contributed by atoms with Crippen LogP contribution in [0.1, 0.15) is 18.9 Å². The lowest BCUT2D eigenvalue weighted by atomic mass is 10.1. The molecule has 0 aromatic carbocycles. The van der Waals surface area contributed by atoms with Crippen LogP contribution in [0, 0.1) is 0 Å². The predicted molar refractivity (Wildman–Crippen MR) is 68.6 cm³/mol. The molecule has 0 saturated heterocycles. The summed E-state index contributed by atoms with van der Waals surface area (Å²) >= 11 is 0. The molecule has 0 spiro atoms. The van der Waals surface area contributed by atoms with E-state index in [2.05, 4.69) is 10.3 Å². The van der Waals surface area contributed by atoms with E-state index < -0.39 is 12.0 Å². The van der Waals surface area contributed by atoms with Crippen molar-refractivity contribution in [1.29, 1.82) is 0 Å². The van der Waals surface area contributed by atoms with Gasteiger partial charge in [-0.15, -0.1) is 0 Å². The van der Waals surface area contributed by atoms with Gasteiger partial charge < -0.3 is 15.2 Å². The molecule has 0 fully saturated rings. The number of carboxylic acid groups (broad SMARTS) is 1. The minimum Gasteiger partial charge on any atom is -0.480 e. The van der Waals surface area contributed by atoms with Crippen LogP contribution in [0.3, 0.4) is 0 Å². The fourth-order valence-electron chi connectivity index (χ4n) is 1.55. The van der Waals surface area contributed by atoms with Crippen LogP contribution in [0.4, 0.5) is 0 Å². The lowest BCUT2D eigenvalue weighted by molar-refractivity contribution is -0.143. The van der Waals surface area contributed by atoms with E-state index in [1.165, 1.54) is 6.92 Å². The van der Waals surface area contributed by atoms with Crippen LogP contribution < -0.4 is 5.32 Å². The lowest BCUT2D eigenvalue weighted by Crippen LogP contribution is -2.43. The number of hydrogen-bond acceptors (Lipinski definition) is 4. The summed E-state index contributed by atoms with van der Waals surface area (Å²) in [5.74, 6) is -1.47. The number of rotatable bonds is 8. The zero-order chi connectivity index (χ0) is 14.1. The summed E-state index contributed by atoms with van der Waals surface area (Å²) in [5, 5.41) is 11.2. The Balaban J connectivity index is 2.18. The number of aliphatic carboxylic acids is 1. The maximum absolute atomic E-state index is 10.8. The van der Waals surface area contributed by atoms with Crippen molar-refractivity contribution in [2.45, 2.75) is 25.8 Å². The molecule has 1 aromatic rings. The Morgan fingerprint density at radius 1 is 1.42 bits per heavy atom. The highest BCUT2D eigenvalue weighted by molar-refractivity contribution is 5.82. The number of hydrogen-bond donors (Lipinski definition) is 2. The fraction of sp³-hybridized carbons (Fsp3) is 0.462. The lowest BCUT2D eigenvalue weighted by Gasteiger charge is -2.13. The third-order valence-corrected chi connectivity index (χ3v) is 2.46. The van der Waals surface area contributed by atoms with Crippen LogP contribution >= 0.6 is 0 Å². The molecule has 1 atom stereocenters. The standard InChI is InChI=1S/C13H18N2O4/c1-10(16)15-12(13(17)18)9-19-8-2-3-11-4-6-14-7-5-11/h4-7,12H,2-3,8-9H2,1H3,(H,15,16)(H,17,18). The smallest absolute Gasteiger partial charge is 0.328 e. The van der Waals surface area contributed by atoms with Gasteiger partial charge in [0.25, 0.3) is 0 Å². The van der Waals surface area contributed by atoms with Gasteiger partial charge in [0.1, 0.15) is 0 Å². The molecule has 0 saturated carbocycles. The van der Waals surface area contributed by atoms with Crippen LogP contribution in [0.2, 0.25) is 0 Å². The number of ether oxygens (including phenoxy) is 1. The average Bonchev–Trinajstić information content (AvgIpc) is 2.37. The first-order chi connectivity index (χ1) is 9.09. The summed E-state index contributed by atoms with van der Waals surface area (Å²) < 4.78 is 5.27. The summed E-state index contributed by atoms with van der Waals surface area (Å²) in [6, 6.07) is 2.87. The molecule has 1 heterocycles. The fourth-order valence-corrected chi connectivity index (χ4v) is 1.55. The van der Waals surface area contributed by atoms with Gasteiger partial charge in [-0.05, 0) is 30.5 Å². The van der Waals surface area contributed by atoms with Crippen molar-refractivity contribution in [1.82, 2.24) is 10.3 Å². The van der Waals surface area contributed by atoms with E-state index in [-0.39, 0.29) is 12.5 Å². The molecule has 19 heavy (non-hydrogen) atoms. The number of nitrogens with one attached hydrogen (secondary N) is 1. The Hall–Kier alpha value is -1.95. The Bertz CT molecular complexity index is 408. The second-order valence-electron chi connectivity index (χ2n) is 4.13. The number of nitrogens with zero attached hydrogens (tertiary/aromatic N) is 1. The molecule has 1 unspecified atom stereocenters. The number of carbonyl (C=O) groups excluding carboxylic acids is 1. The molecule has 0 bridgehead atoms. The van der Waals surface area contributed by atoms with Crippen LogP contribution in [-0.4, -0.2) is 41.2 Å². The molecular weight excluding hydrogens is 248 g/mol. The highest BCUT2D eigenvalue weighted by Gasteiger charge is 2.17. The quantitative estimate of drug-likeness (QED) is 0.673. The van der Waals surface area contributed by atoms with E-state index in [1.54, 1.807) is 12.4 Å². The van der Waals surface area contributed by atoms with Crippen molar-refractivity contribution < 1.29 is 19.4 Å². The van der Waals surface area contributed by atoms with E-state index in [0.29, 0.717) is 6.61 Å². The van der Waals surface area contributed by atoms with Crippen molar-refractivity contribution in [3.8, 4) is 0 Å². The SMILES string of the molecule is CC(=O)NC(COCCCc1ccncc1)C(=O)O. The van der Waals surface area contributed by atoms with Crippen LogP contribution in [0.15, 0.2) is 24.5 Å². The van der Waals surface area contributed by atoms with Gasteiger partial charge in [-0.1, -0.05) is 0 Å². The second kappa shape index (κ2) is 8.20. The summed E-state index contributed by atoms with van der Waals surface area (Å²) in [6.45, 7) is 1.70. The third-order valence-electron chi connectivity index (χ3n) is 2.46. The second-order valence-corrected chi connectivity index (χ2v) is 4.13. The van der Waals surface area contributed by atoms with Gasteiger partial charge in [0.2, 0.25) is 5.91 Å². The third kappa shape index (κ3) is 6.52. The molecule has 1 rings (SSSR count). The minimum atomic E-state index is -1.09. The van der Waals surface area contributed by atoms with Gasteiger partial charge in [0.05, 0.1) is 6.61 Å². The Morgan fingerprint density at radius 3 is 2.68 bits per heavy atom. The van der Waals surface area contributed by atoms with Gasteiger partial charge in [-0.25, -0.2) is 4.79 Å². The molecule has 0 aliphatic heterocycles. The van der Waals surface area contributed by atoms with Crippen LogP contribution in [0.25, 0.3) is 0 Å². The molecule has 1 amide bonds. The highest BCUT2D eigenvalue weighted by Crippen LogP contribution is 2.01. The number of aromatic nitrogens is 1. The molecule has 6 nitrogen and oxygen atoms in total. The van der Waals surface area contributed by atoms with E-state index in [4.69, 9.17) is 9.84 Å². The normalized spacial score (nSPS) is 11.8. The number of carbonyl (C=O) groups is 2. The summed E-state index contributed by atoms with van der Waals surface area (Å²) in [4.78, 5) is 25.5. The Morgan fingerprint density at radius 2 is 2.11 bits per heavy atom. The summed E-state index contributed by atoms with van der Waals surface area (Å²) in [6.07, 6.45) is 5.09. The van der Waals surface area contributed by atoms with Crippen molar-refractivity contribution in [2.75, 3.05) is 13.2 Å². The van der Waals surface area contributed by atoms with Gasteiger partial charge in [-0.2, -0.15) is 0 Å². The van der Waals surface area contributed by atoms with Crippen molar-refractivity contribution in [2.24, 2.45) is 0 Å². The van der Waals surface area contributed by atoms with Gasteiger partial charge in [0.15, 0.2) is 6.04 Å². The molecule has 0 radical (unpaired) electrons. The topological polar surface area (TPSA) is 88.5 Å². The summed E-state index contributed by atoms with van der Waals surface area (Å²) in [7, 11) is 0. The Labute approximate surface area is 111 Å². The van der Waals surface area contributed by atoms with Crippen molar-refractivity contribution in [3.05, 3.63) is 30.1 Å². The Kier molecular flexibility index (Phi) is 6.52. The van der Waals surface area contributed by atoms with Gasteiger partial charge in [0, 0.05) is 25.9 Å². The molecule has 2 N–H and O–H groups in total. The first kappa shape index (κ1) is 15.1. The molecule has 0 aliphatic carbocycles. The van der Waals surface area contributed by atoms with Crippen molar-refractivity contribution in [3.63, 3.8) is 0 Å². The zero-order valence-electron chi connectivity index (χ0n) is 10.8. The molecule has 104 valence electrons. The molecular formula is C13H18N2O4. The van der Waals surface area contributed by atoms with E-state index in [1.807, 2.05) is 12.1 Å².